The molecule has 23 heavy (non-hydrogen) atoms. The van der Waals surface area contributed by atoms with E-state index in [1.165, 1.54) is 12.1 Å². The van der Waals surface area contributed by atoms with Gasteiger partial charge >= 0.3 is 0 Å². The summed E-state index contributed by atoms with van der Waals surface area (Å²) in [4.78, 5) is 12.1. The van der Waals surface area contributed by atoms with Crippen LogP contribution in [-0.2, 0) is 4.79 Å². The average molecular weight is 316 g/mol. The van der Waals surface area contributed by atoms with Crippen LogP contribution in [0.2, 0.25) is 0 Å². The van der Waals surface area contributed by atoms with Crippen LogP contribution in [0.4, 0.5) is 10.1 Å². The first-order chi connectivity index (χ1) is 11.0. The zero-order chi connectivity index (χ0) is 16.8. The standard InChI is InChI=1S/C18H21FN2O2/c1-12-7-8-17(23-3)16(9-12)21-18(22)11-20-13(2)14-5-4-6-15(19)10-14/h4-10,13,20H,11H2,1-3H3,(H,21,22)/t13-/m1/s1. The molecule has 0 heterocycles. The van der Waals surface area contributed by atoms with Crippen LogP contribution < -0.4 is 15.4 Å². The fraction of sp³-hybridized carbons (Fsp3) is 0.278. The fourth-order valence-corrected chi connectivity index (χ4v) is 2.25. The molecule has 2 N–H and O–H groups in total. The van der Waals surface area contributed by atoms with Gasteiger partial charge in [0.25, 0.3) is 0 Å². The molecule has 2 rings (SSSR count). The number of benzene rings is 2. The molecule has 0 saturated carbocycles. The number of carbonyl (C=O) groups excluding carboxylic acids is 1. The van der Waals surface area contributed by atoms with Gasteiger partial charge in [0.15, 0.2) is 0 Å². The van der Waals surface area contributed by atoms with Crippen LogP contribution in [-0.4, -0.2) is 19.6 Å². The molecular weight excluding hydrogens is 295 g/mol. The molecule has 1 amide bonds. The van der Waals surface area contributed by atoms with E-state index in [2.05, 4.69) is 10.6 Å². The summed E-state index contributed by atoms with van der Waals surface area (Å²) in [5.74, 6) is 0.143. The van der Waals surface area contributed by atoms with E-state index < -0.39 is 0 Å². The lowest BCUT2D eigenvalue weighted by molar-refractivity contribution is -0.115. The molecule has 0 aliphatic rings. The van der Waals surface area contributed by atoms with Crippen LogP contribution in [0, 0.1) is 12.7 Å². The fourth-order valence-electron chi connectivity index (χ4n) is 2.25. The third kappa shape index (κ3) is 4.79. The predicted molar refractivity (Wildman–Crippen MR) is 89.2 cm³/mol. The minimum absolute atomic E-state index is 0.120. The summed E-state index contributed by atoms with van der Waals surface area (Å²) in [6.07, 6.45) is 0. The van der Waals surface area contributed by atoms with Crippen molar-refractivity contribution in [3.63, 3.8) is 0 Å². The van der Waals surface area contributed by atoms with Gasteiger partial charge in [0.2, 0.25) is 5.91 Å². The molecular formula is C18H21FN2O2. The van der Waals surface area contributed by atoms with Gasteiger partial charge in [-0.05, 0) is 49.2 Å². The Labute approximate surface area is 135 Å². The number of hydrogen-bond donors (Lipinski definition) is 2. The van der Waals surface area contributed by atoms with E-state index in [-0.39, 0.29) is 24.3 Å². The zero-order valence-electron chi connectivity index (χ0n) is 13.5. The summed E-state index contributed by atoms with van der Waals surface area (Å²) < 4.78 is 18.4. The van der Waals surface area contributed by atoms with Gasteiger partial charge in [0.1, 0.15) is 11.6 Å². The summed E-state index contributed by atoms with van der Waals surface area (Å²) in [6, 6.07) is 11.8. The van der Waals surface area contributed by atoms with Crippen LogP contribution in [0.15, 0.2) is 42.5 Å². The van der Waals surface area contributed by atoms with Gasteiger partial charge in [-0.3, -0.25) is 4.79 Å². The normalized spacial score (nSPS) is 11.8. The Hall–Kier alpha value is -2.40. The Morgan fingerprint density at radius 1 is 1.26 bits per heavy atom. The molecule has 0 spiro atoms. The number of anilines is 1. The van der Waals surface area contributed by atoms with Gasteiger partial charge in [-0.15, -0.1) is 0 Å². The third-order valence-electron chi connectivity index (χ3n) is 3.55. The van der Waals surface area contributed by atoms with Gasteiger partial charge in [-0.25, -0.2) is 4.39 Å². The highest BCUT2D eigenvalue weighted by Gasteiger charge is 2.11. The van der Waals surface area contributed by atoms with E-state index >= 15 is 0 Å². The van der Waals surface area contributed by atoms with Crippen molar-refractivity contribution in [2.24, 2.45) is 0 Å². The molecule has 0 aliphatic carbocycles. The molecule has 0 saturated heterocycles. The molecule has 0 fully saturated rings. The highest BCUT2D eigenvalue weighted by atomic mass is 19.1. The number of nitrogens with one attached hydrogen (secondary N) is 2. The molecule has 0 radical (unpaired) electrons. The monoisotopic (exact) mass is 316 g/mol. The van der Waals surface area contributed by atoms with Gasteiger partial charge in [0.05, 0.1) is 19.3 Å². The summed E-state index contributed by atoms with van der Waals surface area (Å²) in [5, 5.41) is 5.90. The quantitative estimate of drug-likeness (QED) is 0.858. The van der Waals surface area contributed by atoms with E-state index in [1.54, 1.807) is 13.2 Å². The number of amides is 1. The number of hydrogen-bond acceptors (Lipinski definition) is 3. The highest BCUT2D eigenvalue weighted by Crippen LogP contribution is 2.25. The molecule has 5 heteroatoms. The largest absolute Gasteiger partial charge is 0.495 e. The van der Waals surface area contributed by atoms with Crippen molar-refractivity contribution in [3.05, 3.63) is 59.4 Å². The number of carbonyl (C=O) groups is 1. The molecule has 2 aromatic carbocycles. The van der Waals surface area contributed by atoms with Crippen LogP contribution in [0.1, 0.15) is 24.1 Å². The number of methoxy groups -OCH3 is 1. The SMILES string of the molecule is COc1ccc(C)cc1NC(=O)CN[C@H](C)c1cccc(F)c1. The Balaban J connectivity index is 1.94. The molecule has 0 aliphatic heterocycles. The maximum Gasteiger partial charge on any atom is 0.238 e. The molecule has 1 atom stereocenters. The lowest BCUT2D eigenvalue weighted by Gasteiger charge is -2.15. The highest BCUT2D eigenvalue weighted by molar-refractivity contribution is 5.93. The molecule has 0 aromatic heterocycles. The average Bonchev–Trinajstić information content (AvgIpc) is 2.53. The second-order valence-corrected chi connectivity index (χ2v) is 5.41. The van der Waals surface area contributed by atoms with E-state index in [0.29, 0.717) is 11.4 Å². The topological polar surface area (TPSA) is 50.4 Å². The van der Waals surface area contributed by atoms with Gasteiger partial charge in [-0.1, -0.05) is 18.2 Å². The smallest absolute Gasteiger partial charge is 0.238 e. The van der Waals surface area contributed by atoms with Crippen molar-refractivity contribution in [3.8, 4) is 5.75 Å². The number of rotatable bonds is 6. The first-order valence-corrected chi connectivity index (χ1v) is 7.43. The number of ether oxygens (including phenoxy) is 1. The molecule has 122 valence electrons. The van der Waals surface area contributed by atoms with Crippen LogP contribution >= 0.6 is 0 Å². The minimum atomic E-state index is -0.287. The van der Waals surface area contributed by atoms with Gasteiger partial charge < -0.3 is 15.4 Å². The van der Waals surface area contributed by atoms with Crippen molar-refractivity contribution in [2.45, 2.75) is 19.9 Å². The molecule has 2 aromatic rings. The lowest BCUT2D eigenvalue weighted by Crippen LogP contribution is -2.30. The van der Waals surface area contributed by atoms with Crippen LogP contribution in [0.5, 0.6) is 5.75 Å². The maximum absolute atomic E-state index is 13.2. The zero-order valence-corrected chi connectivity index (χ0v) is 13.5. The number of halogens is 1. The first-order valence-electron chi connectivity index (χ1n) is 7.43. The Bertz CT molecular complexity index is 688. The number of aryl methyl sites for hydroxylation is 1. The molecule has 4 nitrogen and oxygen atoms in total. The second-order valence-electron chi connectivity index (χ2n) is 5.41. The Kier molecular flexibility index (Phi) is 5.71. The van der Waals surface area contributed by atoms with Crippen LogP contribution in [0.25, 0.3) is 0 Å². The summed E-state index contributed by atoms with van der Waals surface area (Å²) in [5.41, 5.74) is 2.46. The Morgan fingerprint density at radius 2 is 2.04 bits per heavy atom. The van der Waals surface area contributed by atoms with Crippen molar-refractivity contribution in [1.29, 1.82) is 0 Å². The molecule has 0 unspecified atom stereocenters. The predicted octanol–water partition coefficient (Wildman–Crippen LogP) is 3.43. The van der Waals surface area contributed by atoms with E-state index in [1.807, 2.05) is 38.1 Å². The summed E-state index contributed by atoms with van der Waals surface area (Å²) in [6.45, 7) is 3.95. The van der Waals surface area contributed by atoms with Crippen molar-refractivity contribution < 1.29 is 13.9 Å². The summed E-state index contributed by atoms with van der Waals surface area (Å²) in [7, 11) is 1.56. The first kappa shape index (κ1) is 17.0. The van der Waals surface area contributed by atoms with Crippen molar-refractivity contribution >= 4 is 11.6 Å². The van der Waals surface area contributed by atoms with Gasteiger partial charge in [0, 0.05) is 6.04 Å². The van der Waals surface area contributed by atoms with Crippen molar-refractivity contribution in [1.82, 2.24) is 5.32 Å². The Morgan fingerprint density at radius 3 is 2.74 bits per heavy atom. The molecule has 0 bridgehead atoms. The van der Waals surface area contributed by atoms with Gasteiger partial charge in [-0.2, -0.15) is 0 Å². The van der Waals surface area contributed by atoms with E-state index in [0.717, 1.165) is 11.1 Å². The third-order valence-corrected chi connectivity index (χ3v) is 3.55. The maximum atomic E-state index is 13.2. The van der Waals surface area contributed by atoms with Crippen molar-refractivity contribution in [2.75, 3.05) is 19.0 Å². The van der Waals surface area contributed by atoms with E-state index in [4.69, 9.17) is 4.74 Å². The summed E-state index contributed by atoms with van der Waals surface area (Å²) >= 11 is 0. The van der Waals surface area contributed by atoms with Crippen LogP contribution in [0.3, 0.4) is 0 Å². The minimum Gasteiger partial charge on any atom is -0.495 e. The second kappa shape index (κ2) is 7.74. The van der Waals surface area contributed by atoms with E-state index in [9.17, 15) is 9.18 Å². The lowest BCUT2D eigenvalue weighted by atomic mass is 10.1.